The first kappa shape index (κ1) is 15.8. The van der Waals surface area contributed by atoms with Gasteiger partial charge in [-0.1, -0.05) is 29.3 Å². The number of benzene rings is 1. The molecular weight excluding hydrogens is 321 g/mol. The molecule has 0 bridgehead atoms. The van der Waals surface area contributed by atoms with E-state index in [-0.39, 0.29) is 36.2 Å². The van der Waals surface area contributed by atoms with Gasteiger partial charge in [-0.3, -0.25) is 4.79 Å². The van der Waals surface area contributed by atoms with Gasteiger partial charge < -0.3 is 5.32 Å². The van der Waals surface area contributed by atoms with E-state index in [9.17, 15) is 13.2 Å². The molecule has 1 atom stereocenters. The number of nitrogens with one attached hydrogen (secondary N) is 1. The van der Waals surface area contributed by atoms with Gasteiger partial charge in [0.25, 0.3) is 0 Å². The number of carbonyl (C=O) groups is 1. The van der Waals surface area contributed by atoms with Gasteiger partial charge >= 0.3 is 0 Å². The van der Waals surface area contributed by atoms with Crippen molar-refractivity contribution in [2.45, 2.75) is 18.9 Å². The van der Waals surface area contributed by atoms with Gasteiger partial charge in [-0.05, 0) is 17.7 Å². The van der Waals surface area contributed by atoms with Crippen molar-refractivity contribution < 1.29 is 13.2 Å². The van der Waals surface area contributed by atoms with Gasteiger partial charge in [0.05, 0.1) is 11.5 Å². The Morgan fingerprint density at radius 1 is 1.35 bits per heavy atom. The highest BCUT2D eigenvalue weighted by atomic mass is 35.5. The molecule has 0 amide bonds. The summed E-state index contributed by atoms with van der Waals surface area (Å²) in [5.74, 6) is 0.122. The third-order valence-electron chi connectivity index (χ3n) is 3.18. The molecule has 1 heterocycles. The summed E-state index contributed by atoms with van der Waals surface area (Å²) in [6, 6.07) is 4.69. The van der Waals surface area contributed by atoms with Crippen molar-refractivity contribution in [3.05, 3.63) is 33.8 Å². The Labute approximate surface area is 128 Å². The average Bonchev–Trinajstić information content (AvgIpc) is 2.31. The van der Waals surface area contributed by atoms with Gasteiger partial charge in [0.15, 0.2) is 9.84 Å². The van der Waals surface area contributed by atoms with Gasteiger partial charge in [-0.2, -0.15) is 0 Å². The van der Waals surface area contributed by atoms with Crippen molar-refractivity contribution in [3.63, 3.8) is 0 Å². The molecule has 0 radical (unpaired) electrons. The SMILES string of the molecule is O=C(Cc1ccc(Cl)cc1Cl)CC1CS(=O)(=O)CCN1. The molecule has 0 saturated carbocycles. The van der Waals surface area contributed by atoms with Crippen molar-refractivity contribution in [1.29, 1.82) is 0 Å². The minimum atomic E-state index is -3.02. The fourth-order valence-corrected chi connectivity index (χ4v) is 4.14. The maximum absolute atomic E-state index is 12.0. The van der Waals surface area contributed by atoms with Crippen LogP contribution in [0.1, 0.15) is 12.0 Å². The minimum Gasteiger partial charge on any atom is -0.312 e. The highest BCUT2D eigenvalue weighted by molar-refractivity contribution is 7.91. The van der Waals surface area contributed by atoms with Gasteiger partial charge in [0, 0.05) is 35.5 Å². The van der Waals surface area contributed by atoms with E-state index in [0.29, 0.717) is 22.2 Å². The number of Topliss-reactive ketones (excluding diaryl/α,β-unsaturated/α-hetero) is 1. The van der Waals surface area contributed by atoms with Crippen LogP contribution in [0.3, 0.4) is 0 Å². The highest BCUT2D eigenvalue weighted by Crippen LogP contribution is 2.22. The molecule has 0 aromatic heterocycles. The molecule has 20 heavy (non-hydrogen) atoms. The standard InChI is InChI=1S/C13H15Cl2NO3S/c14-10-2-1-9(13(15)6-10)5-12(17)7-11-8-20(18,19)4-3-16-11/h1-2,6,11,16H,3-5,7-8H2. The Hall–Kier alpha value is -0.620. The molecule has 4 nitrogen and oxygen atoms in total. The summed E-state index contributed by atoms with van der Waals surface area (Å²) in [6.45, 7) is 0.405. The second-order valence-corrected chi connectivity index (χ2v) is 7.99. The molecule has 1 aliphatic rings. The van der Waals surface area contributed by atoms with Crippen molar-refractivity contribution in [2.75, 3.05) is 18.1 Å². The van der Waals surface area contributed by atoms with Crippen LogP contribution < -0.4 is 5.32 Å². The van der Waals surface area contributed by atoms with Crippen molar-refractivity contribution in [2.24, 2.45) is 0 Å². The lowest BCUT2D eigenvalue weighted by molar-refractivity contribution is -0.118. The van der Waals surface area contributed by atoms with E-state index in [2.05, 4.69) is 5.32 Å². The molecule has 7 heteroatoms. The number of hydrogen-bond acceptors (Lipinski definition) is 4. The van der Waals surface area contributed by atoms with Crippen LogP contribution in [0.2, 0.25) is 10.0 Å². The number of rotatable bonds is 4. The molecule has 1 aromatic rings. The monoisotopic (exact) mass is 335 g/mol. The van der Waals surface area contributed by atoms with Crippen LogP contribution in [0.15, 0.2) is 18.2 Å². The normalized spacial score (nSPS) is 21.6. The number of ketones is 1. The number of sulfone groups is 1. The van der Waals surface area contributed by atoms with Crippen molar-refractivity contribution >= 4 is 38.8 Å². The molecular formula is C13H15Cl2NO3S. The van der Waals surface area contributed by atoms with Gasteiger partial charge in [0.2, 0.25) is 0 Å². The predicted molar refractivity (Wildman–Crippen MR) is 80.2 cm³/mol. The summed E-state index contributed by atoms with van der Waals surface area (Å²) in [6.07, 6.45) is 0.381. The molecule has 0 aliphatic carbocycles. The van der Waals surface area contributed by atoms with E-state index in [1.807, 2.05) is 0 Å². The third-order valence-corrected chi connectivity index (χ3v) is 5.50. The van der Waals surface area contributed by atoms with Crippen LogP contribution >= 0.6 is 23.2 Å². The van der Waals surface area contributed by atoms with E-state index < -0.39 is 9.84 Å². The second kappa shape index (κ2) is 6.43. The zero-order chi connectivity index (χ0) is 14.8. The van der Waals surface area contributed by atoms with Gasteiger partial charge in [-0.15, -0.1) is 0 Å². The van der Waals surface area contributed by atoms with Crippen LogP contribution in [-0.4, -0.2) is 38.3 Å². The lowest BCUT2D eigenvalue weighted by Crippen LogP contribution is -2.46. The topological polar surface area (TPSA) is 63.2 Å². The predicted octanol–water partition coefficient (Wildman–Crippen LogP) is 1.88. The average molecular weight is 336 g/mol. The van der Waals surface area contributed by atoms with Gasteiger partial charge in [-0.25, -0.2) is 8.42 Å². The van der Waals surface area contributed by atoms with E-state index >= 15 is 0 Å². The Bertz CT molecular complexity index is 616. The molecule has 0 spiro atoms. The van der Waals surface area contributed by atoms with Crippen molar-refractivity contribution in [1.82, 2.24) is 5.32 Å². The highest BCUT2D eigenvalue weighted by Gasteiger charge is 2.26. The largest absolute Gasteiger partial charge is 0.312 e. The summed E-state index contributed by atoms with van der Waals surface area (Å²) in [5, 5.41) is 4.03. The van der Waals surface area contributed by atoms with E-state index in [4.69, 9.17) is 23.2 Å². The minimum absolute atomic E-state index is 0.0209. The molecule has 1 N–H and O–H groups in total. The second-order valence-electron chi connectivity index (χ2n) is 4.92. The van der Waals surface area contributed by atoms with Crippen LogP contribution in [-0.2, 0) is 21.1 Å². The van der Waals surface area contributed by atoms with E-state index in [1.165, 1.54) is 0 Å². The summed E-state index contributed by atoms with van der Waals surface area (Å²) in [5.41, 5.74) is 0.708. The van der Waals surface area contributed by atoms with Crippen LogP contribution in [0, 0.1) is 0 Å². The zero-order valence-corrected chi connectivity index (χ0v) is 13.1. The molecule has 1 unspecified atom stereocenters. The summed E-state index contributed by atoms with van der Waals surface area (Å²) >= 11 is 11.8. The molecule has 110 valence electrons. The quantitative estimate of drug-likeness (QED) is 0.912. The fraction of sp³-hybridized carbons (Fsp3) is 0.462. The Morgan fingerprint density at radius 2 is 2.10 bits per heavy atom. The van der Waals surface area contributed by atoms with Crippen molar-refractivity contribution in [3.8, 4) is 0 Å². The summed E-state index contributed by atoms with van der Waals surface area (Å²) in [4.78, 5) is 12.0. The van der Waals surface area contributed by atoms with E-state index in [0.717, 1.165) is 0 Å². The third kappa shape index (κ3) is 4.45. The first-order chi connectivity index (χ1) is 9.35. The first-order valence-electron chi connectivity index (χ1n) is 6.25. The first-order valence-corrected chi connectivity index (χ1v) is 8.83. The Balaban J connectivity index is 1.95. The lowest BCUT2D eigenvalue weighted by Gasteiger charge is -2.23. The van der Waals surface area contributed by atoms with E-state index in [1.54, 1.807) is 18.2 Å². The Morgan fingerprint density at radius 3 is 2.75 bits per heavy atom. The molecule has 1 saturated heterocycles. The Kier molecular flexibility index (Phi) is 5.07. The number of carbonyl (C=O) groups excluding carboxylic acids is 1. The molecule has 1 fully saturated rings. The van der Waals surface area contributed by atoms with Crippen LogP contribution in [0.4, 0.5) is 0 Å². The molecule has 2 rings (SSSR count). The zero-order valence-electron chi connectivity index (χ0n) is 10.7. The lowest BCUT2D eigenvalue weighted by atomic mass is 10.0. The maximum Gasteiger partial charge on any atom is 0.153 e. The molecule has 1 aliphatic heterocycles. The van der Waals surface area contributed by atoms with Gasteiger partial charge in [0.1, 0.15) is 5.78 Å². The summed E-state index contributed by atoms with van der Waals surface area (Å²) < 4.78 is 23.0. The number of hydrogen-bond donors (Lipinski definition) is 1. The maximum atomic E-state index is 12.0. The number of halogens is 2. The smallest absolute Gasteiger partial charge is 0.153 e. The molecule has 1 aromatic carbocycles. The van der Waals surface area contributed by atoms with Crippen LogP contribution in [0.25, 0.3) is 0 Å². The van der Waals surface area contributed by atoms with Crippen LogP contribution in [0.5, 0.6) is 0 Å². The summed E-state index contributed by atoms with van der Waals surface area (Å²) in [7, 11) is -3.02. The fourth-order valence-electron chi connectivity index (χ4n) is 2.22.